The summed E-state index contributed by atoms with van der Waals surface area (Å²) in [7, 11) is 0. The smallest absolute Gasteiger partial charge is 0.222 e. The molecule has 0 aromatic heterocycles. The minimum atomic E-state index is -0.0104. The van der Waals surface area contributed by atoms with Gasteiger partial charge in [0.2, 0.25) is 5.91 Å². The van der Waals surface area contributed by atoms with Gasteiger partial charge < -0.3 is 20.1 Å². The van der Waals surface area contributed by atoms with Crippen molar-refractivity contribution in [1.82, 2.24) is 10.6 Å². The molecule has 1 aromatic rings. The van der Waals surface area contributed by atoms with Gasteiger partial charge in [0.25, 0.3) is 0 Å². The monoisotopic (exact) mass is 264 g/mol. The number of para-hydroxylation sites is 1. The van der Waals surface area contributed by atoms with Gasteiger partial charge in [0, 0.05) is 13.1 Å². The molecule has 1 fully saturated rings. The van der Waals surface area contributed by atoms with Gasteiger partial charge in [-0.1, -0.05) is 18.2 Å². The lowest BCUT2D eigenvalue weighted by Crippen LogP contribution is -2.41. The quantitative estimate of drug-likeness (QED) is 0.737. The molecule has 1 amide bonds. The molecular formula is C14H20N2O3. The summed E-state index contributed by atoms with van der Waals surface area (Å²) in [6.45, 7) is 3.26. The van der Waals surface area contributed by atoms with E-state index in [1.54, 1.807) is 0 Å². The molecule has 2 rings (SSSR count). The van der Waals surface area contributed by atoms with Gasteiger partial charge in [-0.05, 0) is 12.1 Å². The first-order chi connectivity index (χ1) is 9.34. The lowest BCUT2D eigenvalue weighted by Gasteiger charge is -2.23. The Morgan fingerprint density at radius 1 is 1.42 bits per heavy atom. The van der Waals surface area contributed by atoms with Gasteiger partial charge in [0.1, 0.15) is 12.4 Å². The van der Waals surface area contributed by atoms with Crippen molar-refractivity contribution in [2.24, 2.45) is 0 Å². The number of carbonyl (C=O) groups excluding carboxylic acids is 1. The fourth-order valence-electron chi connectivity index (χ4n) is 1.91. The van der Waals surface area contributed by atoms with Gasteiger partial charge in [-0.25, -0.2) is 0 Å². The summed E-state index contributed by atoms with van der Waals surface area (Å²) >= 11 is 0. The van der Waals surface area contributed by atoms with E-state index in [9.17, 15) is 4.79 Å². The number of carbonyl (C=O) groups is 1. The van der Waals surface area contributed by atoms with Crippen molar-refractivity contribution in [2.45, 2.75) is 12.5 Å². The fourth-order valence-corrected chi connectivity index (χ4v) is 1.91. The topological polar surface area (TPSA) is 59.6 Å². The summed E-state index contributed by atoms with van der Waals surface area (Å²) in [4.78, 5) is 11.6. The number of amides is 1. The lowest BCUT2D eigenvalue weighted by molar-refractivity contribution is -0.124. The Morgan fingerprint density at radius 3 is 3.00 bits per heavy atom. The minimum absolute atomic E-state index is 0.00496. The summed E-state index contributed by atoms with van der Waals surface area (Å²) in [5, 5.41) is 6.03. The zero-order chi connectivity index (χ0) is 13.3. The van der Waals surface area contributed by atoms with Crippen molar-refractivity contribution in [3.05, 3.63) is 30.3 Å². The Labute approximate surface area is 113 Å². The molecule has 0 saturated carbocycles. The van der Waals surface area contributed by atoms with Crippen molar-refractivity contribution in [3.8, 4) is 5.75 Å². The number of benzene rings is 1. The number of rotatable bonds is 6. The first-order valence-corrected chi connectivity index (χ1v) is 6.61. The Kier molecular flexibility index (Phi) is 5.65. The van der Waals surface area contributed by atoms with Crippen LogP contribution in [-0.4, -0.2) is 44.9 Å². The first kappa shape index (κ1) is 13.8. The van der Waals surface area contributed by atoms with Crippen LogP contribution in [0.25, 0.3) is 0 Å². The molecule has 2 N–H and O–H groups in total. The van der Waals surface area contributed by atoms with Gasteiger partial charge in [-0.15, -0.1) is 0 Å². The summed E-state index contributed by atoms with van der Waals surface area (Å²) < 4.78 is 11.0. The van der Waals surface area contributed by atoms with Gasteiger partial charge in [0.05, 0.1) is 25.7 Å². The van der Waals surface area contributed by atoms with Crippen molar-refractivity contribution in [1.29, 1.82) is 0 Å². The number of ether oxygens (including phenoxy) is 2. The van der Waals surface area contributed by atoms with Crippen molar-refractivity contribution in [3.63, 3.8) is 0 Å². The van der Waals surface area contributed by atoms with E-state index < -0.39 is 0 Å². The Morgan fingerprint density at radius 2 is 2.26 bits per heavy atom. The van der Waals surface area contributed by atoms with Gasteiger partial charge in [-0.2, -0.15) is 0 Å². The van der Waals surface area contributed by atoms with E-state index in [0.29, 0.717) is 26.2 Å². The maximum atomic E-state index is 11.6. The third-order valence-electron chi connectivity index (χ3n) is 2.85. The normalized spacial score (nSPS) is 18.8. The predicted molar refractivity (Wildman–Crippen MR) is 72.2 cm³/mol. The van der Waals surface area contributed by atoms with E-state index in [0.717, 1.165) is 18.8 Å². The molecule has 5 nitrogen and oxygen atoms in total. The third kappa shape index (κ3) is 5.28. The average Bonchev–Trinajstić information content (AvgIpc) is 2.46. The minimum Gasteiger partial charge on any atom is -0.492 e. The molecular weight excluding hydrogens is 244 g/mol. The van der Waals surface area contributed by atoms with Crippen LogP contribution in [0.1, 0.15) is 6.42 Å². The number of morpholine rings is 1. The van der Waals surface area contributed by atoms with E-state index in [-0.39, 0.29) is 12.0 Å². The molecule has 0 bridgehead atoms. The zero-order valence-corrected chi connectivity index (χ0v) is 10.9. The van der Waals surface area contributed by atoms with Crippen molar-refractivity contribution >= 4 is 5.91 Å². The number of hydrogen-bond acceptors (Lipinski definition) is 4. The summed E-state index contributed by atoms with van der Waals surface area (Å²) in [6.07, 6.45) is 0.391. The highest BCUT2D eigenvalue weighted by Gasteiger charge is 2.16. The molecule has 5 heteroatoms. The molecule has 0 spiro atoms. The molecule has 0 radical (unpaired) electrons. The van der Waals surface area contributed by atoms with Crippen LogP contribution in [0.3, 0.4) is 0 Å². The molecule has 1 atom stereocenters. The third-order valence-corrected chi connectivity index (χ3v) is 2.85. The largest absolute Gasteiger partial charge is 0.492 e. The van der Waals surface area contributed by atoms with Crippen LogP contribution in [0, 0.1) is 0 Å². The van der Waals surface area contributed by atoms with Crippen molar-refractivity contribution < 1.29 is 14.3 Å². The van der Waals surface area contributed by atoms with E-state index in [4.69, 9.17) is 9.47 Å². The average molecular weight is 264 g/mol. The number of hydrogen-bond donors (Lipinski definition) is 2. The highest BCUT2D eigenvalue weighted by molar-refractivity contribution is 5.76. The Bertz CT molecular complexity index is 378. The molecule has 1 aromatic carbocycles. The standard InChI is InChI=1S/C14H20N2O3/c17-14(10-13-11-15-6-8-19-13)16-7-9-18-12-4-2-1-3-5-12/h1-5,13,15H,6-11H2,(H,16,17). The van der Waals surface area contributed by atoms with E-state index in [1.807, 2.05) is 30.3 Å². The van der Waals surface area contributed by atoms with Crippen LogP contribution in [0.2, 0.25) is 0 Å². The molecule has 19 heavy (non-hydrogen) atoms. The molecule has 1 aliphatic rings. The summed E-state index contributed by atoms with van der Waals surface area (Å²) in [6, 6.07) is 9.56. The SMILES string of the molecule is O=C(CC1CNCCO1)NCCOc1ccccc1. The summed E-state index contributed by atoms with van der Waals surface area (Å²) in [5.74, 6) is 0.821. The molecule has 1 saturated heterocycles. The highest BCUT2D eigenvalue weighted by Crippen LogP contribution is 2.07. The highest BCUT2D eigenvalue weighted by atomic mass is 16.5. The molecule has 1 aliphatic heterocycles. The molecule has 1 unspecified atom stereocenters. The fraction of sp³-hybridized carbons (Fsp3) is 0.500. The van der Waals surface area contributed by atoms with Gasteiger partial charge in [0.15, 0.2) is 0 Å². The van der Waals surface area contributed by atoms with E-state index >= 15 is 0 Å². The predicted octanol–water partition coefficient (Wildman–Crippen LogP) is 0.560. The van der Waals surface area contributed by atoms with Crippen LogP contribution < -0.4 is 15.4 Å². The maximum Gasteiger partial charge on any atom is 0.222 e. The second kappa shape index (κ2) is 7.76. The van der Waals surface area contributed by atoms with E-state index in [2.05, 4.69) is 10.6 Å². The molecule has 104 valence electrons. The van der Waals surface area contributed by atoms with Crippen LogP contribution in [0.15, 0.2) is 30.3 Å². The maximum absolute atomic E-state index is 11.6. The zero-order valence-electron chi connectivity index (χ0n) is 10.9. The van der Waals surface area contributed by atoms with Crippen molar-refractivity contribution in [2.75, 3.05) is 32.8 Å². The summed E-state index contributed by atoms with van der Waals surface area (Å²) in [5.41, 5.74) is 0. The van der Waals surface area contributed by atoms with Crippen LogP contribution in [0.5, 0.6) is 5.75 Å². The number of nitrogens with one attached hydrogen (secondary N) is 2. The van der Waals surface area contributed by atoms with Crippen LogP contribution in [-0.2, 0) is 9.53 Å². The molecule has 1 heterocycles. The Balaban J connectivity index is 1.56. The first-order valence-electron chi connectivity index (χ1n) is 6.61. The second-order valence-electron chi connectivity index (χ2n) is 4.41. The van der Waals surface area contributed by atoms with E-state index in [1.165, 1.54) is 0 Å². The van der Waals surface area contributed by atoms with Gasteiger partial charge >= 0.3 is 0 Å². The van der Waals surface area contributed by atoms with Crippen LogP contribution >= 0.6 is 0 Å². The van der Waals surface area contributed by atoms with Crippen LogP contribution in [0.4, 0.5) is 0 Å². The molecule has 0 aliphatic carbocycles. The Hall–Kier alpha value is -1.59. The van der Waals surface area contributed by atoms with Gasteiger partial charge in [-0.3, -0.25) is 4.79 Å². The second-order valence-corrected chi connectivity index (χ2v) is 4.41. The lowest BCUT2D eigenvalue weighted by atomic mass is 10.2.